The molecular weight excluding hydrogens is 198 g/mol. The number of hydrogen-bond donors (Lipinski definition) is 1. The topological polar surface area (TPSA) is 23.5 Å². The summed E-state index contributed by atoms with van der Waals surface area (Å²) in [5.74, 6) is 0. The van der Waals surface area contributed by atoms with Gasteiger partial charge in [0.05, 0.1) is 5.60 Å². The standard InChI is InChI=1S/C14H23NO/c1-11-6-8-13(9-7-11)12(2)15(5)10-14(3,4)16/h6-9,12,16H,10H2,1-5H3. The van der Waals surface area contributed by atoms with E-state index in [9.17, 15) is 5.11 Å². The van der Waals surface area contributed by atoms with Crippen LogP contribution in [0.2, 0.25) is 0 Å². The Balaban J connectivity index is 2.70. The molecule has 1 aromatic rings. The van der Waals surface area contributed by atoms with Crippen molar-refractivity contribution in [1.82, 2.24) is 4.90 Å². The average Bonchev–Trinajstić information content (AvgIpc) is 2.15. The summed E-state index contributed by atoms with van der Waals surface area (Å²) >= 11 is 0. The normalized spacial score (nSPS) is 14.2. The average molecular weight is 221 g/mol. The molecule has 1 atom stereocenters. The zero-order valence-electron chi connectivity index (χ0n) is 11.0. The van der Waals surface area contributed by atoms with E-state index in [0.717, 1.165) is 0 Å². The van der Waals surface area contributed by atoms with E-state index >= 15 is 0 Å². The summed E-state index contributed by atoms with van der Waals surface area (Å²) in [5, 5.41) is 9.79. The van der Waals surface area contributed by atoms with Crippen LogP contribution in [-0.4, -0.2) is 29.2 Å². The monoisotopic (exact) mass is 221 g/mol. The van der Waals surface area contributed by atoms with Gasteiger partial charge in [-0.05, 0) is 40.3 Å². The summed E-state index contributed by atoms with van der Waals surface area (Å²) in [7, 11) is 2.04. The van der Waals surface area contributed by atoms with Crippen LogP contribution < -0.4 is 0 Å². The Morgan fingerprint density at radius 2 is 1.75 bits per heavy atom. The zero-order valence-corrected chi connectivity index (χ0v) is 11.0. The van der Waals surface area contributed by atoms with E-state index < -0.39 is 5.60 Å². The summed E-state index contributed by atoms with van der Waals surface area (Å²) in [4.78, 5) is 2.17. The van der Waals surface area contributed by atoms with Crippen molar-refractivity contribution >= 4 is 0 Å². The summed E-state index contributed by atoms with van der Waals surface area (Å²) in [6, 6.07) is 8.89. The molecule has 0 bridgehead atoms. The Morgan fingerprint density at radius 1 is 1.25 bits per heavy atom. The highest BCUT2D eigenvalue weighted by Crippen LogP contribution is 2.20. The number of aliphatic hydroxyl groups is 1. The molecule has 0 spiro atoms. The van der Waals surface area contributed by atoms with Crippen molar-refractivity contribution in [2.45, 2.75) is 39.3 Å². The van der Waals surface area contributed by atoms with Gasteiger partial charge in [0.1, 0.15) is 0 Å². The molecule has 0 fully saturated rings. The fourth-order valence-corrected chi connectivity index (χ4v) is 1.85. The van der Waals surface area contributed by atoms with E-state index in [-0.39, 0.29) is 0 Å². The number of likely N-dealkylation sites (N-methyl/N-ethyl adjacent to an activating group) is 1. The van der Waals surface area contributed by atoms with Crippen LogP contribution in [0.5, 0.6) is 0 Å². The maximum absolute atomic E-state index is 9.79. The first-order chi connectivity index (χ1) is 7.29. The molecule has 0 aliphatic heterocycles. The van der Waals surface area contributed by atoms with Gasteiger partial charge in [-0.25, -0.2) is 0 Å². The lowest BCUT2D eigenvalue weighted by Gasteiger charge is -2.30. The van der Waals surface area contributed by atoms with E-state index in [1.54, 1.807) is 0 Å². The number of benzene rings is 1. The van der Waals surface area contributed by atoms with Gasteiger partial charge in [0.15, 0.2) is 0 Å². The second-order valence-corrected chi connectivity index (χ2v) is 5.31. The van der Waals surface area contributed by atoms with Crippen LogP contribution >= 0.6 is 0 Å². The second-order valence-electron chi connectivity index (χ2n) is 5.31. The lowest BCUT2D eigenvalue weighted by Crippen LogP contribution is -2.37. The van der Waals surface area contributed by atoms with Crippen molar-refractivity contribution in [3.63, 3.8) is 0 Å². The van der Waals surface area contributed by atoms with Crippen LogP contribution in [-0.2, 0) is 0 Å². The molecule has 0 aliphatic carbocycles. The van der Waals surface area contributed by atoms with E-state index in [4.69, 9.17) is 0 Å². The number of nitrogens with zero attached hydrogens (tertiary/aromatic N) is 1. The van der Waals surface area contributed by atoms with Gasteiger partial charge in [0.25, 0.3) is 0 Å². The molecule has 0 amide bonds. The third-order valence-electron chi connectivity index (χ3n) is 2.86. The minimum atomic E-state index is -0.645. The SMILES string of the molecule is Cc1ccc(C(C)N(C)CC(C)(C)O)cc1. The molecule has 16 heavy (non-hydrogen) atoms. The Labute approximate surface area is 98.9 Å². The Hall–Kier alpha value is -0.860. The Bertz CT molecular complexity index is 324. The largest absolute Gasteiger partial charge is 0.389 e. The van der Waals surface area contributed by atoms with Gasteiger partial charge in [0.2, 0.25) is 0 Å². The number of rotatable bonds is 4. The van der Waals surface area contributed by atoms with Crippen LogP contribution in [0.25, 0.3) is 0 Å². The van der Waals surface area contributed by atoms with Crippen molar-refractivity contribution in [2.24, 2.45) is 0 Å². The van der Waals surface area contributed by atoms with Gasteiger partial charge in [0, 0.05) is 12.6 Å². The van der Waals surface area contributed by atoms with Gasteiger partial charge < -0.3 is 5.11 Å². The molecule has 0 radical (unpaired) electrons. The van der Waals surface area contributed by atoms with Crippen LogP contribution in [0.3, 0.4) is 0 Å². The van der Waals surface area contributed by atoms with E-state index in [1.165, 1.54) is 11.1 Å². The summed E-state index contributed by atoms with van der Waals surface area (Å²) in [6.45, 7) is 8.60. The highest BCUT2D eigenvalue weighted by Gasteiger charge is 2.19. The zero-order chi connectivity index (χ0) is 12.3. The predicted octanol–water partition coefficient (Wildman–Crippen LogP) is 2.76. The lowest BCUT2D eigenvalue weighted by molar-refractivity contribution is 0.0334. The first kappa shape index (κ1) is 13.2. The summed E-state index contributed by atoms with van der Waals surface area (Å²) < 4.78 is 0. The molecule has 0 heterocycles. The van der Waals surface area contributed by atoms with Crippen LogP contribution in [0.1, 0.15) is 37.9 Å². The molecule has 2 nitrogen and oxygen atoms in total. The van der Waals surface area contributed by atoms with Crippen LogP contribution in [0.15, 0.2) is 24.3 Å². The Kier molecular flexibility index (Phi) is 4.11. The molecule has 1 unspecified atom stereocenters. The van der Waals surface area contributed by atoms with Gasteiger partial charge in [-0.1, -0.05) is 29.8 Å². The summed E-state index contributed by atoms with van der Waals surface area (Å²) in [6.07, 6.45) is 0. The molecule has 90 valence electrons. The highest BCUT2D eigenvalue weighted by atomic mass is 16.3. The molecule has 1 rings (SSSR count). The van der Waals surface area contributed by atoms with Gasteiger partial charge in [-0.15, -0.1) is 0 Å². The molecule has 0 aromatic heterocycles. The maximum Gasteiger partial charge on any atom is 0.0718 e. The van der Waals surface area contributed by atoms with Crippen molar-refractivity contribution < 1.29 is 5.11 Å². The van der Waals surface area contributed by atoms with Crippen molar-refractivity contribution in [1.29, 1.82) is 0 Å². The van der Waals surface area contributed by atoms with Crippen molar-refractivity contribution in [2.75, 3.05) is 13.6 Å². The minimum absolute atomic E-state index is 0.326. The van der Waals surface area contributed by atoms with E-state index in [0.29, 0.717) is 12.6 Å². The van der Waals surface area contributed by atoms with Crippen molar-refractivity contribution in [3.8, 4) is 0 Å². The van der Waals surface area contributed by atoms with Gasteiger partial charge in [-0.2, -0.15) is 0 Å². The van der Waals surface area contributed by atoms with Crippen LogP contribution in [0, 0.1) is 6.92 Å². The lowest BCUT2D eigenvalue weighted by atomic mass is 10.0. The highest BCUT2D eigenvalue weighted by molar-refractivity contribution is 5.23. The van der Waals surface area contributed by atoms with E-state index in [2.05, 4.69) is 43.0 Å². The second kappa shape index (κ2) is 4.98. The third-order valence-corrected chi connectivity index (χ3v) is 2.86. The molecule has 1 aromatic carbocycles. The molecular formula is C14H23NO. The quantitative estimate of drug-likeness (QED) is 0.845. The first-order valence-corrected chi connectivity index (χ1v) is 5.79. The third kappa shape index (κ3) is 3.95. The molecule has 2 heteroatoms. The maximum atomic E-state index is 9.79. The fourth-order valence-electron chi connectivity index (χ4n) is 1.85. The number of hydrogen-bond acceptors (Lipinski definition) is 2. The number of aryl methyl sites for hydroxylation is 1. The molecule has 0 aliphatic rings. The fraction of sp³-hybridized carbons (Fsp3) is 0.571. The van der Waals surface area contributed by atoms with Crippen LogP contribution in [0.4, 0.5) is 0 Å². The molecule has 0 saturated heterocycles. The van der Waals surface area contributed by atoms with Crippen molar-refractivity contribution in [3.05, 3.63) is 35.4 Å². The first-order valence-electron chi connectivity index (χ1n) is 5.79. The van der Waals surface area contributed by atoms with Gasteiger partial charge in [-0.3, -0.25) is 4.90 Å². The summed E-state index contributed by atoms with van der Waals surface area (Å²) in [5.41, 5.74) is 1.92. The molecule has 1 N–H and O–H groups in total. The minimum Gasteiger partial charge on any atom is -0.389 e. The Morgan fingerprint density at radius 3 is 2.19 bits per heavy atom. The van der Waals surface area contributed by atoms with Gasteiger partial charge >= 0.3 is 0 Å². The van der Waals surface area contributed by atoms with E-state index in [1.807, 2.05) is 20.9 Å². The predicted molar refractivity (Wildman–Crippen MR) is 68.5 cm³/mol. The molecule has 0 saturated carbocycles. The smallest absolute Gasteiger partial charge is 0.0718 e.